The van der Waals surface area contributed by atoms with Gasteiger partial charge in [-0.1, -0.05) is 24.6 Å². The van der Waals surface area contributed by atoms with Crippen molar-refractivity contribution >= 4 is 34.2 Å². The van der Waals surface area contributed by atoms with Gasteiger partial charge in [-0.25, -0.2) is 0 Å². The Kier molecular flexibility index (Phi) is 3.80. The zero-order valence-corrected chi connectivity index (χ0v) is 9.76. The lowest BCUT2D eigenvalue weighted by Crippen LogP contribution is -2.08. The summed E-state index contributed by atoms with van der Waals surface area (Å²) in [6, 6.07) is 6.06. The molecular weight excluding hydrogens is 284 g/mol. The molecule has 0 unspecified atom stereocenters. The molecule has 66 valence electrons. The van der Waals surface area contributed by atoms with Crippen molar-refractivity contribution in [1.82, 2.24) is 0 Å². The maximum Gasteiger partial charge on any atom is 0.0539 e. The van der Waals surface area contributed by atoms with Gasteiger partial charge in [0.1, 0.15) is 0 Å². The second kappa shape index (κ2) is 4.44. The topological polar surface area (TPSA) is 26.0 Å². The molecule has 3 heteroatoms. The van der Waals surface area contributed by atoms with Crippen LogP contribution in [0.5, 0.6) is 0 Å². The smallest absolute Gasteiger partial charge is 0.0539 e. The van der Waals surface area contributed by atoms with Crippen LogP contribution >= 0.6 is 34.2 Å². The van der Waals surface area contributed by atoms with Crippen molar-refractivity contribution in [3.8, 4) is 0 Å². The fraction of sp³-hybridized carbons (Fsp3) is 0.333. The Morgan fingerprint density at radius 2 is 2.25 bits per heavy atom. The molecule has 0 aliphatic carbocycles. The summed E-state index contributed by atoms with van der Waals surface area (Å²) >= 11 is 8.09. The van der Waals surface area contributed by atoms with Gasteiger partial charge in [-0.15, -0.1) is 0 Å². The van der Waals surface area contributed by atoms with Crippen LogP contribution in [0.2, 0.25) is 5.02 Å². The van der Waals surface area contributed by atoms with E-state index in [9.17, 15) is 0 Å². The Hall–Kier alpha value is 0.200. The van der Waals surface area contributed by atoms with Gasteiger partial charge in [-0.2, -0.15) is 0 Å². The third-order valence-electron chi connectivity index (χ3n) is 1.81. The minimum Gasteiger partial charge on any atom is -0.324 e. The molecule has 0 saturated heterocycles. The molecule has 0 aliphatic rings. The monoisotopic (exact) mass is 295 g/mol. The number of benzene rings is 1. The highest BCUT2D eigenvalue weighted by molar-refractivity contribution is 14.1. The lowest BCUT2D eigenvalue weighted by atomic mass is 10.1. The summed E-state index contributed by atoms with van der Waals surface area (Å²) < 4.78 is 1.07. The Morgan fingerprint density at radius 1 is 1.58 bits per heavy atom. The number of rotatable bonds is 2. The van der Waals surface area contributed by atoms with Crippen LogP contribution in [-0.4, -0.2) is 0 Å². The SMILES string of the molecule is CC[C@@H](N)c1ccc(Cl)c(I)c1. The van der Waals surface area contributed by atoms with Crippen molar-refractivity contribution in [3.63, 3.8) is 0 Å². The zero-order chi connectivity index (χ0) is 9.14. The normalized spacial score (nSPS) is 13.0. The van der Waals surface area contributed by atoms with Gasteiger partial charge >= 0.3 is 0 Å². The molecule has 1 aromatic rings. The molecule has 0 amide bonds. The first kappa shape index (κ1) is 10.3. The van der Waals surface area contributed by atoms with E-state index in [0.29, 0.717) is 0 Å². The Balaban J connectivity index is 2.96. The molecule has 1 aromatic carbocycles. The molecule has 0 radical (unpaired) electrons. The molecule has 1 atom stereocenters. The first-order valence-corrected chi connectivity index (χ1v) is 5.31. The van der Waals surface area contributed by atoms with Crippen LogP contribution in [0.1, 0.15) is 24.9 Å². The van der Waals surface area contributed by atoms with Gasteiger partial charge in [-0.05, 0) is 46.7 Å². The second-order valence-electron chi connectivity index (χ2n) is 2.69. The van der Waals surface area contributed by atoms with Crippen molar-refractivity contribution < 1.29 is 0 Å². The van der Waals surface area contributed by atoms with E-state index in [-0.39, 0.29) is 6.04 Å². The molecular formula is C9H11ClIN. The standard InChI is InChI=1S/C9H11ClIN/c1-2-9(12)6-3-4-7(10)8(11)5-6/h3-5,9H,2,12H2,1H3/t9-/m1/s1. The Morgan fingerprint density at radius 3 is 2.75 bits per heavy atom. The number of hydrogen-bond donors (Lipinski definition) is 1. The summed E-state index contributed by atoms with van der Waals surface area (Å²) in [5.74, 6) is 0. The predicted molar refractivity (Wildman–Crippen MR) is 61.4 cm³/mol. The highest BCUT2D eigenvalue weighted by Crippen LogP contribution is 2.22. The van der Waals surface area contributed by atoms with E-state index in [0.717, 1.165) is 20.6 Å². The van der Waals surface area contributed by atoms with Crippen LogP contribution in [-0.2, 0) is 0 Å². The summed E-state index contributed by atoms with van der Waals surface area (Å²) in [7, 11) is 0. The number of halogens is 2. The van der Waals surface area contributed by atoms with Crippen LogP contribution in [0.3, 0.4) is 0 Å². The van der Waals surface area contributed by atoms with Crippen LogP contribution in [0, 0.1) is 3.57 Å². The van der Waals surface area contributed by atoms with E-state index in [1.165, 1.54) is 0 Å². The average Bonchev–Trinajstić information content (AvgIpc) is 2.08. The lowest BCUT2D eigenvalue weighted by Gasteiger charge is -2.09. The highest BCUT2D eigenvalue weighted by Gasteiger charge is 2.04. The van der Waals surface area contributed by atoms with Crippen LogP contribution in [0.15, 0.2) is 18.2 Å². The average molecular weight is 296 g/mol. The molecule has 1 nitrogen and oxygen atoms in total. The number of hydrogen-bond acceptors (Lipinski definition) is 1. The van der Waals surface area contributed by atoms with Gasteiger partial charge in [0, 0.05) is 9.61 Å². The van der Waals surface area contributed by atoms with E-state index in [4.69, 9.17) is 17.3 Å². The Labute approximate surface area is 91.4 Å². The molecule has 2 N–H and O–H groups in total. The highest BCUT2D eigenvalue weighted by atomic mass is 127. The van der Waals surface area contributed by atoms with Crippen LogP contribution < -0.4 is 5.73 Å². The third-order valence-corrected chi connectivity index (χ3v) is 3.35. The van der Waals surface area contributed by atoms with Crippen LogP contribution in [0.25, 0.3) is 0 Å². The second-order valence-corrected chi connectivity index (χ2v) is 4.26. The summed E-state index contributed by atoms with van der Waals surface area (Å²) in [5, 5.41) is 0.794. The maximum atomic E-state index is 5.88. The van der Waals surface area contributed by atoms with E-state index < -0.39 is 0 Å². The summed E-state index contributed by atoms with van der Waals surface area (Å²) in [4.78, 5) is 0. The fourth-order valence-corrected chi connectivity index (χ4v) is 1.64. The van der Waals surface area contributed by atoms with Crippen molar-refractivity contribution in [2.24, 2.45) is 5.73 Å². The quantitative estimate of drug-likeness (QED) is 0.832. The lowest BCUT2D eigenvalue weighted by molar-refractivity contribution is 0.698. The van der Waals surface area contributed by atoms with E-state index in [2.05, 4.69) is 29.5 Å². The van der Waals surface area contributed by atoms with Gasteiger partial charge < -0.3 is 5.73 Å². The van der Waals surface area contributed by atoms with Gasteiger partial charge in [0.05, 0.1) is 5.02 Å². The molecule has 12 heavy (non-hydrogen) atoms. The molecule has 0 aliphatic heterocycles. The van der Waals surface area contributed by atoms with E-state index in [1.807, 2.05) is 18.2 Å². The van der Waals surface area contributed by atoms with E-state index >= 15 is 0 Å². The van der Waals surface area contributed by atoms with Crippen molar-refractivity contribution in [2.45, 2.75) is 19.4 Å². The van der Waals surface area contributed by atoms with Gasteiger partial charge in [0.2, 0.25) is 0 Å². The molecule has 0 spiro atoms. The first-order valence-electron chi connectivity index (χ1n) is 3.85. The van der Waals surface area contributed by atoms with Crippen molar-refractivity contribution in [3.05, 3.63) is 32.4 Å². The van der Waals surface area contributed by atoms with E-state index in [1.54, 1.807) is 0 Å². The van der Waals surface area contributed by atoms with Crippen LogP contribution in [0.4, 0.5) is 0 Å². The largest absolute Gasteiger partial charge is 0.324 e. The summed E-state index contributed by atoms with van der Waals surface area (Å²) in [6.45, 7) is 2.08. The first-order chi connectivity index (χ1) is 5.65. The number of nitrogens with two attached hydrogens (primary N) is 1. The Bertz CT molecular complexity index is 275. The maximum absolute atomic E-state index is 5.88. The molecule has 1 rings (SSSR count). The minimum absolute atomic E-state index is 0.135. The van der Waals surface area contributed by atoms with Gasteiger partial charge in [0.15, 0.2) is 0 Å². The van der Waals surface area contributed by atoms with Crippen molar-refractivity contribution in [2.75, 3.05) is 0 Å². The predicted octanol–water partition coefficient (Wildman–Crippen LogP) is 3.35. The van der Waals surface area contributed by atoms with Gasteiger partial charge in [0.25, 0.3) is 0 Å². The molecule has 0 saturated carbocycles. The molecule has 0 heterocycles. The summed E-state index contributed by atoms with van der Waals surface area (Å²) in [6.07, 6.45) is 0.956. The summed E-state index contributed by atoms with van der Waals surface area (Å²) in [5.41, 5.74) is 7.03. The molecule has 0 aromatic heterocycles. The fourth-order valence-electron chi connectivity index (χ4n) is 0.979. The third kappa shape index (κ3) is 2.34. The van der Waals surface area contributed by atoms with Gasteiger partial charge in [-0.3, -0.25) is 0 Å². The molecule has 0 fully saturated rings. The zero-order valence-electron chi connectivity index (χ0n) is 6.85. The minimum atomic E-state index is 0.135. The molecule has 0 bridgehead atoms. The van der Waals surface area contributed by atoms with Crippen molar-refractivity contribution in [1.29, 1.82) is 0 Å².